The predicted octanol–water partition coefficient (Wildman–Crippen LogP) is 3.38. The zero-order chi connectivity index (χ0) is 15.9. The van der Waals surface area contributed by atoms with Crippen molar-refractivity contribution in [3.05, 3.63) is 29.3 Å². The van der Waals surface area contributed by atoms with E-state index in [0.717, 1.165) is 26.1 Å². The molecule has 2 atom stereocenters. The molecule has 0 bridgehead atoms. The maximum atomic E-state index is 12.7. The van der Waals surface area contributed by atoms with Gasteiger partial charge in [0, 0.05) is 13.1 Å². The molecule has 2 rings (SSSR count). The van der Waals surface area contributed by atoms with Crippen molar-refractivity contribution in [1.29, 1.82) is 0 Å². The van der Waals surface area contributed by atoms with Crippen molar-refractivity contribution in [2.75, 3.05) is 26.7 Å². The molecule has 1 aromatic carbocycles. The average molecular weight is 361 g/mol. The fourth-order valence-corrected chi connectivity index (χ4v) is 3.11. The number of rotatable bonds is 6. The summed E-state index contributed by atoms with van der Waals surface area (Å²) in [5, 5.41) is 3.74. The Balaban J connectivity index is 0.00000264. The summed E-state index contributed by atoms with van der Waals surface area (Å²) in [6, 6.07) is 7.30. The Morgan fingerprint density at radius 1 is 1.48 bits per heavy atom. The number of piperidine rings is 1. The van der Waals surface area contributed by atoms with Gasteiger partial charge in [-0.3, -0.25) is 4.79 Å². The molecule has 1 fully saturated rings. The normalized spacial score (nSPS) is 18.9. The molecular formula is C17H26Cl2N2O2. The van der Waals surface area contributed by atoms with Gasteiger partial charge in [-0.25, -0.2) is 0 Å². The lowest BCUT2D eigenvalue weighted by Gasteiger charge is -2.34. The third-order valence-electron chi connectivity index (χ3n) is 4.08. The van der Waals surface area contributed by atoms with Crippen LogP contribution < -0.4 is 10.1 Å². The van der Waals surface area contributed by atoms with E-state index in [-0.39, 0.29) is 18.3 Å². The summed E-state index contributed by atoms with van der Waals surface area (Å²) in [6.07, 6.45) is 2.40. The lowest BCUT2D eigenvalue weighted by molar-refractivity contribution is -0.140. The van der Waals surface area contributed by atoms with Crippen LogP contribution in [0.2, 0.25) is 5.02 Å². The Kier molecular flexibility index (Phi) is 8.74. The molecule has 130 valence electrons. The molecular weight excluding hydrogens is 335 g/mol. The van der Waals surface area contributed by atoms with Gasteiger partial charge in [0.25, 0.3) is 5.91 Å². The van der Waals surface area contributed by atoms with Crippen molar-refractivity contribution in [3.63, 3.8) is 0 Å². The molecule has 1 amide bonds. The number of benzene rings is 1. The number of carbonyl (C=O) groups is 1. The molecule has 0 saturated carbocycles. The summed E-state index contributed by atoms with van der Waals surface area (Å²) >= 11 is 6.12. The van der Waals surface area contributed by atoms with Gasteiger partial charge in [0.15, 0.2) is 6.10 Å². The van der Waals surface area contributed by atoms with E-state index in [9.17, 15) is 4.79 Å². The molecule has 1 heterocycles. The van der Waals surface area contributed by atoms with Crippen LogP contribution in [0.1, 0.15) is 26.2 Å². The first kappa shape index (κ1) is 20.1. The fourth-order valence-electron chi connectivity index (χ4n) is 2.93. The summed E-state index contributed by atoms with van der Waals surface area (Å²) in [5.74, 6) is 1.18. The molecule has 1 saturated heterocycles. The minimum Gasteiger partial charge on any atom is -0.479 e. The Hall–Kier alpha value is -0.970. The molecule has 2 unspecified atom stereocenters. The van der Waals surface area contributed by atoms with Crippen LogP contribution in [0.3, 0.4) is 0 Å². The highest BCUT2D eigenvalue weighted by atomic mass is 35.5. The lowest BCUT2D eigenvalue weighted by Crippen LogP contribution is -2.48. The van der Waals surface area contributed by atoms with Crippen molar-refractivity contribution >= 4 is 29.9 Å². The van der Waals surface area contributed by atoms with Gasteiger partial charge in [0.05, 0.1) is 5.02 Å². The maximum Gasteiger partial charge on any atom is 0.263 e. The SMILES string of the molecule is CCC(Oc1ccccc1Cl)C(=O)N1CCCC(CNC)C1.Cl. The molecule has 0 spiro atoms. The van der Waals surface area contributed by atoms with Gasteiger partial charge in [-0.1, -0.05) is 30.7 Å². The number of nitrogens with zero attached hydrogens (tertiary/aromatic N) is 1. The molecule has 4 nitrogen and oxygen atoms in total. The first-order chi connectivity index (χ1) is 10.7. The van der Waals surface area contributed by atoms with Crippen LogP contribution in [0.15, 0.2) is 24.3 Å². The quantitative estimate of drug-likeness (QED) is 0.845. The third-order valence-corrected chi connectivity index (χ3v) is 4.39. The van der Waals surface area contributed by atoms with E-state index in [4.69, 9.17) is 16.3 Å². The Morgan fingerprint density at radius 3 is 2.87 bits per heavy atom. The van der Waals surface area contributed by atoms with E-state index < -0.39 is 6.10 Å². The minimum absolute atomic E-state index is 0. The number of para-hydroxylation sites is 1. The molecule has 6 heteroatoms. The number of hydrogen-bond acceptors (Lipinski definition) is 3. The Labute approximate surface area is 149 Å². The standard InChI is InChI=1S/C17H25ClN2O2.ClH/c1-3-15(22-16-9-5-4-8-14(16)18)17(21)20-10-6-7-13(12-20)11-19-2;/h4-5,8-9,13,15,19H,3,6-7,10-12H2,1-2H3;1H. The number of ether oxygens (including phenoxy) is 1. The van der Waals surface area contributed by atoms with Gasteiger partial charge < -0.3 is 15.0 Å². The topological polar surface area (TPSA) is 41.6 Å². The van der Waals surface area contributed by atoms with Crippen LogP contribution >= 0.6 is 24.0 Å². The van der Waals surface area contributed by atoms with Gasteiger partial charge >= 0.3 is 0 Å². The Morgan fingerprint density at radius 2 is 2.22 bits per heavy atom. The number of likely N-dealkylation sites (tertiary alicyclic amines) is 1. The number of amides is 1. The highest BCUT2D eigenvalue weighted by Gasteiger charge is 2.29. The number of carbonyl (C=O) groups excluding carboxylic acids is 1. The lowest BCUT2D eigenvalue weighted by atomic mass is 9.97. The second-order valence-corrected chi connectivity index (χ2v) is 6.20. The maximum absolute atomic E-state index is 12.7. The smallest absolute Gasteiger partial charge is 0.263 e. The molecule has 0 aliphatic carbocycles. The first-order valence-corrected chi connectivity index (χ1v) is 8.38. The Bertz CT molecular complexity index is 497. The highest BCUT2D eigenvalue weighted by molar-refractivity contribution is 6.32. The molecule has 1 aliphatic rings. The largest absolute Gasteiger partial charge is 0.479 e. The van der Waals surface area contributed by atoms with E-state index in [1.807, 2.05) is 31.0 Å². The van der Waals surface area contributed by atoms with Gasteiger partial charge in [0.1, 0.15) is 5.75 Å². The van der Waals surface area contributed by atoms with Gasteiger partial charge in [0.2, 0.25) is 0 Å². The van der Waals surface area contributed by atoms with Crippen molar-refractivity contribution in [2.45, 2.75) is 32.3 Å². The molecule has 0 aromatic heterocycles. The average Bonchev–Trinajstić information content (AvgIpc) is 2.54. The van der Waals surface area contributed by atoms with Crippen LogP contribution in [0.5, 0.6) is 5.75 Å². The van der Waals surface area contributed by atoms with Crippen LogP contribution in [0.4, 0.5) is 0 Å². The number of halogens is 2. The summed E-state index contributed by atoms with van der Waals surface area (Å²) in [5.41, 5.74) is 0. The third kappa shape index (κ3) is 5.55. The van der Waals surface area contributed by atoms with Crippen LogP contribution in [0, 0.1) is 5.92 Å². The van der Waals surface area contributed by atoms with Gasteiger partial charge in [-0.2, -0.15) is 0 Å². The zero-order valence-electron chi connectivity index (χ0n) is 13.8. The van der Waals surface area contributed by atoms with Crippen molar-refractivity contribution < 1.29 is 9.53 Å². The van der Waals surface area contributed by atoms with Crippen LogP contribution in [-0.2, 0) is 4.79 Å². The second kappa shape index (κ2) is 10.0. The van der Waals surface area contributed by atoms with Crippen LogP contribution in [-0.4, -0.2) is 43.6 Å². The summed E-state index contributed by atoms with van der Waals surface area (Å²) in [6.45, 7) is 4.55. The fraction of sp³-hybridized carbons (Fsp3) is 0.588. The zero-order valence-corrected chi connectivity index (χ0v) is 15.3. The van der Waals surface area contributed by atoms with Gasteiger partial charge in [-0.15, -0.1) is 12.4 Å². The van der Waals surface area contributed by atoms with E-state index in [0.29, 0.717) is 23.1 Å². The van der Waals surface area contributed by atoms with Crippen molar-refractivity contribution in [1.82, 2.24) is 10.2 Å². The molecule has 0 radical (unpaired) electrons. The van der Waals surface area contributed by atoms with Crippen molar-refractivity contribution in [3.8, 4) is 5.75 Å². The minimum atomic E-state index is -0.465. The molecule has 1 N–H and O–H groups in total. The number of nitrogens with one attached hydrogen (secondary N) is 1. The first-order valence-electron chi connectivity index (χ1n) is 8.00. The van der Waals surface area contributed by atoms with E-state index in [1.54, 1.807) is 12.1 Å². The van der Waals surface area contributed by atoms with Crippen LogP contribution in [0.25, 0.3) is 0 Å². The molecule has 1 aromatic rings. The summed E-state index contributed by atoms with van der Waals surface area (Å²) in [4.78, 5) is 14.7. The monoisotopic (exact) mass is 360 g/mol. The predicted molar refractivity (Wildman–Crippen MR) is 96.6 cm³/mol. The van der Waals surface area contributed by atoms with Gasteiger partial charge in [-0.05, 0) is 50.9 Å². The van der Waals surface area contributed by atoms with E-state index >= 15 is 0 Å². The van der Waals surface area contributed by atoms with Crippen molar-refractivity contribution in [2.24, 2.45) is 5.92 Å². The second-order valence-electron chi connectivity index (χ2n) is 5.80. The summed E-state index contributed by atoms with van der Waals surface area (Å²) in [7, 11) is 1.95. The highest BCUT2D eigenvalue weighted by Crippen LogP contribution is 2.26. The molecule has 23 heavy (non-hydrogen) atoms. The molecule has 1 aliphatic heterocycles. The number of hydrogen-bond donors (Lipinski definition) is 1. The van der Waals surface area contributed by atoms with E-state index in [2.05, 4.69) is 5.32 Å². The van der Waals surface area contributed by atoms with E-state index in [1.165, 1.54) is 6.42 Å². The summed E-state index contributed by atoms with van der Waals surface area (Å²) < 4.78 is 5.87.